The van der Waals surface area contributed by atoms with E-state index in [9.17, 15) is 9.18 Å². The van der Waals surface area contributed by atoms with Crippen molar-refractivity contribution in [2.24, 2.45) is 7.05 Å². The van der Waals surface area contributed by atoms with Gasteiger partial charge in [-0.1, -0.05) is 17.7 Å². The lowest BCUT2D eigenvalue weighted by molar-refractivity contribution is 0.102. The number of aromatic nitrogens is 3. The molecule has 0 aliphatic heterocycles. The molecule has 2 aromatic heterocycles. The number of aryl methyl sites for hydroxylation is 2. The van der Waals surface area contributed by atoms with Crippen LogP contribution in [0.3, 0.4) is 0 Å². The predicted octanol–water partition coefficient (Wildman–Crippen LogP) is 4.99. The zero-order valence-electron chi connectivity index (χ0n) is 15.2. The van der Waals surface area contributed by atoms with Gasteiger partial charge in [-0.2, -0.15) is 5.10 Å². The number of hydrogen-bond acceptors (Lipinski definition) is 3. The number of amides is 1. The van der Waals surface area contributed by atoms with Gasteiger partial charge in [0.15, 0.2) is 0 Å². The molecule has 0 unspecified atom stereocenters. The van der Waals surface area contributed by atoms with Crippen molar-refractivity contribution in [3.8, 4) is 11.3 Å². The Morgan fingerprint density at radius 3 is 2.79 bits per heavy atom. The smallest absolute Gasteiger partial charge is 0.258 e. The summed E-state index contributed by atoms with van der Waals surface area (Å²) in [6, 6.07) is 13.3. The molecular formula is C21H16ClFN4O. The molecule has 2 heterocycles. The molecule has 1 N–H and O–H groups in total. The van der Waals surface area contributed by atoms with Crippen LogP contribution in [0.1, 0.15) is 15.9 Å². The van der Waals surface area contributed by atoms with Gasteiger partial charge in [0.2, 0.25) is 0 Å². The molecule has 0 spiro atoms. The van der Waals surface area contributed by atoms with E-state index in [4.69, 9.17) is 11.6 Å². The summed E-state index contributed by atoms with van der Waals surface area (Å²) >= 11 is 6.29. The molecule has 0 aliphatic carbocycles. The molecule has 1 amide bonds. The molecule has 4 aromatic rings. The van der Waals surface area contributed by atoms with Crippen molar-refractivity contribution in [3.63, 3.8) is 0 Å². The fourth-order valence-corrected chi connectivity index (χ4v) is 3.34. The summed E-state index contributed by atoms with van der Waals surface area (Å²) in [5, 5.41) is 8.46. The lowest BCUT2D eigenvalue weighted by atomic mass is 10.1. The highest BCUT2D eigenvalue weighted by atomic mass is 35.5. The van der Waals surface area contributed by atoms with Gasteiger partial charge in [0.1, 0.15) is 11.6 Å². The van der Waals surface area contributed by atoms with Crippen LogP contribution in [-0.4, -0.2) is 20.7 Å². The molecule has 0 fully saturated rings. The highest BCUT2D eigenvalue weighted by molar-refractivity contribution is 6.35. The van der Waals surface area contributed by atoms with Gasteiger partial charge < -0.3 is 5.32 Å². The van der Waals surface area contributed by atoms with Crippen LogP contribution >= 0.6 is 11.6 Å². The van der Waals surface area contributed by atoms with E-state index in [1.807, 2.05) is 19.1 Å². The van der Waals surface area contributed by atoms with Gasteiger partial charge in [0.25, 0.3) is 5.91 Å². The second-order valence-corrected chi connectivity index (χ2v) is 6.89. The predicted molar refractivity (Wildman–Crippen MR) is 108 cm³/mol. The molecule has 0 bridgehead atoms. The van der Waals surface area contributed by atoms with E-state index < -0.39 is 0 Å². The first kappa shape index (κ1) is 18.1. The molecule has 2 aromatic carbocycles. The highest BCUT2D eigenvalue weighted by Gasteiger charge is 2.16. The lowest BCUT2D eigenvalue weighted by Gasteiger charge is -2.08. The maximum Gasteiger partial charge on any atom is 0.258 e. The molecule has 0 saturated carbocycles. The van der Waals surface area contributed by atoms with Crippen molar-refractivity contribution in [3.05, 3.63) is 76.7 Å². The van der Waals surface area contributed by atoms with Crippen LogP contribution in [0.4, 0.5) is 10.2 Å². The van der Waals surface area contributed by atoms with Crippen molar-refractivity contribution in [1.29, 1.82) is 0 Å². The minimum Gasteiger partial charge on any atom is -0.307 e. The number of anilines is 1. The van der Waals surface area contributed by atoms with E-state index in [2.05, 4.69) is 15.4 Å². The largest absolute Gasteiger partial charge is 0.307 e. The van der Waals surface area contributed by atoms with Gasteiger partial charge in [0, 0.05) is 30.3 Å². The van der Waals surface area contributed by atoms with Crippen LogP contribution in [-0.2, 0) is 7.05 Å². The van der Waals surface area contributed by atoms with Gasteiger partial charge >= 0.3 is 0 Å². The first-order chi connectivity index (χ1) is 13.4. The standard InChI is InChI=1S/C21H16ClFN4O/c1-12-8-14(23)5-6-15(12)19-11-20(27(2)26-19)25-21(28)16-10-18-13(9-17(16)22)4-3-7-24-18/h3-11H,1-2H3,(H,25,28). The van der Waals surface area contributed by atoms with Gasteiger partial charge in [-0.3, -0.25) is 14.5 Å². The van der Waals surface area contributed by atoms with Gasteiger partial charge in [-0.05, 0) is 48.9 Å². The van der Waals surface area contributed by atoms with Crippen molar-refractivity contribution >= 4 is 34.2 Å². The van der Waals surface area contributed by atoms with Gasteiger partial charge in [-0.25, -0.2) is 4.39 Å². The molecular weight excluding hydrogens is 379 g/mol. The molecule has 140 valence electrons. The summed E-state index contributed by atoms with van der Waals surface area (Å²) in [6.07, 6.45) is 1.66. The Labute approximate surface area is 165 Å². The summed E-state index contributed by atoms with van der Waals surface area (Å²) in [5.41, 5.74) is 3.21. The number of halogens is 2. The quantitative estimate of drug-likeness (QED) is 0.532. The van der Waals surface area contributed by atoms with Crippen LogP contribution in [0.15, 0.2) is 54.7 Å². The van der Waals surface area contributed by atoms with Gasteiger partial charge in [-0.15, -0.1) is 0 Å². The average molecular weight is 395 g/mol. The zero-order valence-corrected chi connectivity index (χ0v) is 16.0. The zero-order chi connectivity index (χ0) is 19.8. The Morgan fingerprint density at radius 2 is 2.00 bits per heavy atom. The van der Waals surface area contributed by atoms with Crippen LogP contribution in [0.5, 0.6) is 0 Å². The minimum atomic E-state index is -0.358. The van der Waals surface area contributed by atoms with E-state index in [-0.39, 0.29) is 11.7 Å². The number of nitrogens with zero attached hydrogens (tertiary/aromatic N) is 3. The molecule has 7 heteroatoms. The average Bonchev–Trinajstić information content (AvgIpc) is 3.01. The Bertz CT molecular complexity index is 1220. The van der Waals surface area contributed by atoms with Crippen LogP contribution in [0, 0.1) is 12.7 Å². The molecule has 0 aliphatic rings. The van der Waals surface area contributed by atoms with Gasteiger partial charge in [0.05, 0.1) is 21.8 Å². The number of pyridine rings is 1. The number of carbonyl (C=O) groups is 1. The molecule has 4 rings (SSSR count). The number of nitrogens with one attached hydrogen (secondary N) is 1. The summed E-state index contributed by atoms with van der Waals surface area (Å²) in [6.45, 7) is 1.81. The van der Waals surface area contributed by atoms with Crippen LogP contribution < -0.4 is 5.32 Å². The van der Waals surface area contributed by atoms with E-state index in [1.165, 1.54) is 12.1 Å². The number of fused-ring (bicyclic) bond motifs is 1. The lowest BCUT2D eigenvalue weighted by Crippen LogP contribution is -2.15. The van der Waals surface area contributed by atoms with Crippen LogP contribution in [0.25, 0.3) is 22.2 Å². The van der Waals surface area contributed by atoms with E-state index in [0.29, 0.717) is 27.6 Å². The maximum atomic E-state index is 13.4. The van der Waals surface area contributed by atoms with Crippen molar-refractivity contribution in [2.75, 3.05) is 5.32 Å². The Kier molecular flexibility index (Phi) is 4.57. The minimum absolute atomic E-state index is 0.301. The van der Waals surface area contributed by atoms with Crippen molar-refractivity contribution in [2.45, 2.75) is 6.92 Å². The Hall–Kier alpha value is -3.25. The van der Waals surface area contributed by atoms with E-state index in [0.717, 1.165) is 16.5 Å². The SMILES string of the molecule is Cc1cc(F)ccc1-c1cc(NC(=O)c2cc3ncccc3cc2Cl)n(C)n1. The van der Waals surface area contributed by atoms with E-state index >= 15 is 0 Å². The third-order valence-corrected chi connectivity index (χ3v) is 4.83. The fraction of sp³-hybridized carbons (Fsp3) is 0.0952. The number of carbonyl (C=O) groups excluding carboxylic acids is 1. The van der Waals surface area contributed by atoms with Crippen molar-refractivity contribution < 1.29 is 9.18 Å². The third-order valence-electron chi connectivity index (χ3n) is 4.52. The summed E-state index contributed by atoms with van der Waals surface area (Å²) in [5.74, 6) is -0.158. The number of benzene rings is 2. The number of hydrogen-bond donors (Lipinski definition) is 1. The first-order valence-electron chi connectivity index (χ1n) is 8.58. The first-order valence-corrected chi connectivity index (χ1v) is 8.96. The Balaban J connectivity index is 1.65. The topological polar surface area (TPSA) is 59.8 Å². The second kappa shape index (κ2) is 7.05. The fourth-order valence-electron chi connectivity index (χ4n) is 3.08. The molecule has 0 radical (unpaired) electrons. The summed E-state index contributed by atoms with van der Waals surface area (Å²) in [7, 11) is 1.72. The molecule has 0 saturated heterocycles. The molecule has 5 nitrogen and oxygen atoms in total. The number of rotatable bonds is 3. The normalized spacial score (nSPS) is 11.0. The summed E-state index contributed by atoms with van der Waals surface area (Å²) < 4.78 is 14.9. The Morgan fingerprint density at radius 1 is 1.18 bits per heavy atom. The molecule has 28 heavy (non-hydrogen) atoms. The summed E-state index contributed by atoms with van der Waals surface area (Å²) in [4.78, 5) is 17.0. The van der Waals surface area contributed by atoms with Crippen molar-refractivity contribution in [1.82, 2.24) is 14.8 Å². The monoisotopic (exact) mass is 394 g/mol. The van der Waals surface area contributed by atoms with E-state index in [1.54, 1.807) is 42.2 Å². The van der Waals surface area contributed by atoms with Crippen LogP contribution in [0.2, 0.25) is 5.02 Å². The second-order valence-electron chi connectivity index (χ2n) is 6.48. The maximum absolute atomic E-state index is 13.4. The molecule has 0 atom stereocenters. The highest BCUT2D eigenvalue weighted by Crippen LogP contribution is 2.27. The third kappa shape index (κ3) is 3.34.